The Morgan fingerprint density at radius 2 is 1.95 bits per heavy atom. The maximum absolute atomic E-state index is 12.6. The number of carbonyl (C=O) groups excluding carboxylic acids is 1. The zero-order chi connectivity index (χ0) is 15.4. The summed E-state index contributed by atoms with van der Waals surface area (Å²) in [5.74, 6) is -0.827. The smallest absolute Gasteiger partial charge is 0.188 e. The van der Waals surface area contributed by atoms with E-state index in [0.717, 1.165) is 4.47 Å². The van der Waals surface area contributed by atoms with E-state index in [1.165, 1.54) is 13.2 Å². The van der Waals surface area contributed by atoms with Crippen molar-refractivity contribution in [2.75, 3.05) is 7.11 Å². The summed E-state index contributed by atoms with van der Waals surface area (Å²) in [7, 11) is 1.47. The largest absolute Gasteiger partial charge is 0.496 e. The van der Waals surface area contributed by atoms with Gasteiger partial charge in [0.1, 0.15) is 11.7 Å². The lowest BCUT2D eigenvalue weighted by molar-refractivity contribution is 0.0976. The van der Waals surface area contributed by atoms with Gasteiger partial charge in [-0.1, -0.05) is 39.7 Å². The molecule has 0 saturated carbocycles. The fraction of sp³-hybridized carbons (Fsp3) is 0.125. The zero-order valence-corrected chi connectivity index (χ0v) is 13.5. The third-order valence-electron chi connectivity index (χ3n) is 3.02. The second-order valence-corrected chi connectivity index (χ2v) is 5.67. The lowest BCUT2D eigenvalue weighted by Gasteiger charge is -2.12. The number of methoxy groups -OCH3 is 1. The van der Waals surface area contributed by atoms with Crippen LogP contribution in [-0.2, 0) is 0 Å². The Kier molecular flexibility index (Phi) is 5.00. The van der Waals surface area contributed by atoms with Crippen LogP contribution in [0.5, 0.6) is 5.75 Å². The molecule has 1 unspecified atom stereocenters. The molecule has 2 aromatic carbocycles. The first-order valence-electron chi connectivity index (χ1n) is 6.09. The Hall–Kier alpha value is -1.83. The van der Waals surface area contributed by atoms with Gasteiger partial charge in [-0.05, 0) is 35.9 Å². The van der Waals surface area contributed by atoms with E-state index in [1.807, 2.05) is 6.07 Å². The molecule has 0 heterocycles. The van der Waals surface area contributed by atoms with Gasteiger partial charge in [0, 0.05) is 9.50 Å². The van der Waals surface area contributed by atoms with Crippen molar-refractivity contribution in [3.8, 4) is 11.8 Å². The molecule has 1 atom stereocenters. The van der Waals surface area contributed by atoms with E-state index >= 15 is 0 Å². The van der Waals surface area contributed by atoms with Gasteiger partial charge in [-0.15, -0.1) is 0 Å². The lowest BCUT2D eigenvalue weighted by atomic mass is 9.91. The fourth-order valence-electron chi connectivity index (χ4n) is 1.97. The molecule has 2 rings (SSSR count). The molecule has 106 valence electrons. The highest BCUT2D eigenvalue weighted by molar-refractivity contribution is 9.10. The molecular weight excluding hydrogens is 354 g/mol. The summed E-state index contributed by atoms with van der Waals surface area (Å²) < 4.78 is 6.06. The average molecular weight is 365 g/mol. The topological polar surface area (TPSA) is 50.1 Å². The number of hydrogen-bond donors (Lipinski definition) is 0. The number of ketones is 1. The standard InChI is InChI=1S/C16H11BrClNO2/c1-21-15-7-6-12(18)8-13(15)16(20)14(9-19)10-2-4-11(17)5-3-10/h2-8,14H,1H3. The normalized spacial score (nSPS) is 11.5. The molecule has 0 aromatic heterocycles. The highest BCUT2D eigenvalue weighted by Gasteiger charge is 2.24. The summed E-state index contributed by atoms with van der Waals surface area (Å²) in [6, 6.07) is 13.9. The SMILES string of the molecule is COc1ccc(Cl)cc1C(=O)C(C#N)c1ccc(Br)cc1. The Labute approximate surface area is 136 Å². The van der Waals surface area contributed by atoms with E-state index in [4.69, 9.17) is 16.3 Å². The highest BCUT2D eigenvalue weighted by atomic mass is 79.9. The van der Waals surface area contributed by atoms with Gasteiger partial charge in [0.25, 0.3) is 0 Å². The molecule has 0 aliphatic heterocycles. The first-order chi connectivity index (χ1) is 10.1. The van der Waals surface area contributed by atoms with Crippen molar-refractivity contribution < 1.29 is 9.53 Å². The van der Waals surface area contributed by atoms with Crippen molar-refractivity contribution in [2.45, 2.75) is 5.92 Å². The van der Waals surface area contributed by atoms with E-state index in [-0.39, 0.29) is 5.78 Å². The number of carbonyl (C=O) groups is 1. The van der Waals surface area contributed by atoms with Gasteiger partial charge >= 0.3 is 0 Å². The zero-order valence-electron chi connectivity index (χ0n) is 11.1. The van der Waals surface area contributed by atoms with E-state index < -0.39 is 5.92 Å². The van der Waals surface area contributed by atoms with Crippen molar-refractivity contribution in [1.82, 2.24) is 0 Å². The number of nitriles is 1. The molecular formula is C16H11BrClNO2. The number of nitrogens with zero attached hydrogens (tertiary/aromatic N) is 1. The van der Waals surface area contributed by atoms with Crippen LogP contribution in [0.4, 0.5) is 0 Å². The Bertz CT molecular complexity index is 707. The molecule has 2 aromatic rings. The third-order valence-corrected chi connectivity index (χ3v) is 3.79. The maximum Gasteiger partial charge on any atom is 0.188 e. The number of hydrogen-bond acceptors (Lipinski definition) is 3. The minimum Gasteiger partial charge on any atom is -0.496 e. The van der Waals surface area contributed by atoms with Crippen molar-refractivity contribution in [1.29, 1.82) is 5.26 Å². The van der Waals surface area contributed by atoms with Gasteiger partial charge in [-0.2, -0.15) is 5.26 Å². The maximum atomic E-state index is 12.6. The van der Waals surface area contributed by atoms with E-state index in [9.17, 15) is 10.1 Å². The third kappa shape index (κ3) is 3.44. The first-order valence-corrected chi connectivity index (χ1v) is 7.26. The monoisotopic (exact) mass is 363 g/mol. The lowest BCUT2D eigenvalue weighted by Crippen LogP contribution is -2.12. The van der Waals surface area contributed by atoms with Gasteiger partial charge in [-0.3, -0.25) is 4.79 Å². The van der Waals surface area contributed by atoms with E-state index in [1.54, 1.807) is 36.4 Å². The van der Waals surface area contributed by atoms with Crippen molar-refractivity contribution >= 4 is 33.3 Å². The van der Waals surface area contributed by atoms with Gasteiger partial charge in [0.05, 0.1) is 18.7 Å². The number of rotatable bonds is 4. The number of benzene rings is 2. The molecule has 3 nitrogen and oxygen atoms in total. The molecule has 0 aliphatic rings. The molecule has 0 bridgehead atoms. The minimum atomic E-state index is -0.898. The first kappa shape index (κ1) is 15.6. The van der Waals surface area contributed by atoms with Crippen LogP contribution in [0.1, 0.15) is 21.8 Å². The predicted molar refractivity (Wildman–Crippen MR) is 84.8 cm³/mol. The number of ether oxygens (including phenoxy) is 1. The van der Waals surface area contributed by atoms with Crippen LogP contribution >= 0.6 is 27.5 Å². The van der Waals surface area contributed by atoms with Gasteiger partial charge in [0.15, 0.2) is 5.78 Å². The summed E-state index contributed by atoms with van der Waals surface area (Å²) in [6.07, 6.45) is 0. The van der Waals surface area contributed by atoms with Gasteiger partial charge in [0.2, 0.25) is 0 Å². The molecule has 0 N–H and O–H groups in total. The summed E-state index contributed by atoms with van der Waals surface area (Å²) in [6.45, 7) is 0. The minimum absolute atomic E-state index is 0.305. The Morgan fingerprint density at radius 3 is 2.52 bits per heavy atom. The Morgan fingerprint density at radius 1 is 1.29 bits per heavy atom. The van der Waals surface area contributed by atoms with Gasteiger partial charge < -0.3 is 4.74 Å². The molecule has 0 fully saturated rings. The van der Waals surface area contributed by atoms with Crippen molar-refractivity contribution in [3.63, 3.8) is 0 Å². The number of Topliss-reactive ketones (excluding diaryl/α,β-unsaturated/α-hetero) is 1. The van der Waals surface area contributed by atoms with Crippen molar-refractivity contribution in [3.05, 3.63) is 63.1 Å². The van der Waals surface area contributed by atoms with Crippen LogP contribution in [-0.4, -0.2) is 12.9 Å². The molecule has 0 amide bonds. The molecule has 0 saturated heterocycles. The van der Waals surface area contributed by atoms with Crippen LogP contribution < -0.4 is 4.74 Å². The fourth-order valence-corrected chi connectivity index (χ4v) is 2.40. The average Bonchev–Trinajstić information content (AvgIpc) is 2.49. The molecule has 0 radical (unpaired) electrons. The summed E-state index contributed by atoms with van der Waals surface area (Å²) in [5.41, 5.74) is 0.937. The van der Waals surface area contributed by atoms with Crippen LogP contribution in [0.15, 0.2) is 46.9 Å². The number of halogens is 2. The van der Waals surface area contributed by atoms with Crippen LogP contribution in [0.25, 0.3) is 0 Å². The van der Waals surface area contributed by atoms with Gasteiger partial charge in [-0.25, -0.2) is 0 Å². The Balaban J connectivity index is 2.44. The second-order valence-electron chi connectivity index (χ2n) is 4.32. The second kappa shape index (κ2) is 6.75. The molecule has 21 heavy (non-hydrogen) atoms. The van der Waals surface area contributed by atoms with Crippen molar-refractivity contribution in [2.24, 2.45) is 0 Å². The van der Waals surface area contributed by atoms with E-state index in [2.05, 4.69) is 15.9 Å². The molecule has 0 spiro atoms. The van der Waals surface area contributed by atoms with Crippen LogP contribution in [0.2, 0.25) is 5.02 Å². The summed E-state index contributed by atoms with van der Waals surface area (Å²) in [4.78, 5) is 12.6. The molecule has 5 heteroatoms. The predicted octanol–water partition coefficient (Wildman–Crippen LogP) is 4.60. The van der Waals surface area contributed by atoms with Crippen LogP contribution in [0, 0.1) is 11.3 Å². The summed E-state index contributed by atoms with van der Waals surface area (Å²) >= 11 is 9.26. The quantitative estimate of drug-likeness (QED) is 0.745. The highest BCUT2D eigenvalue weighted by Crippen LogP contribution is 2.29. The molecule has 0 aliphatic carbocycles. The summed E-state index contributed by atoms with van der Waals surface area (Å²) in [5, 5.41) is 9.78. The van der Waals surface area contributed by atoms with Crippen LogP contribution in [0.3, 0.4) is 0 Å². The van der Waals surface area contributed by atoms with E-state index in [0.29, 0.717) is 21.9 Å².